The molecular formula is C9H14O5. The minimum atomic E-state index is -1.25. The van der Waals surface area contributed by atoms with Crippen LogP contribution in [-0.2, 0) is 14.4 Å². The van der Waals surface area contributed by atoms with Gasteiger partial charge in [0.15, 0.2) is 0 Å². The van der Waals surface area contributed by atoms with Gasteiger partial charge in [-0.15, -0.1) is 0 Å². The number of ketones is 1. The van der Waals surface area contributed by atoms with E-state index in [1.54, 1.807) is 13.8 Å². The molecule has 5 heteroatoms. The number of carbonyl (C=O) groups is 3. The highest BCUT2D eigenvalue weighted by molar-refractivity contribution is 5.99. The van der Waals surface area contributed by atoms with E-state index in [0.29, 0.717) is 0 Å². The van der Waals surface area contributed by atoms with Crippen molar-refractivity contribution in [1.29, 1.82) is 0 Å². The van der Waals surface area contributed by atoms with E-state index < -0.39 is 23.6 Å². The largest absolute Gasteiger partial charge is 0.481 e. The standard InChI is InChI=1S/C9H14O5/c1-5(2)8(12)6(9(13)14)3-4-7(10)11/h5-6H,3-4H2,1-2H3,(H,10,11)(H,13,14). The molecule has 5 nitrogen and oxygen atoms in total. The van der Waals surface area contributed by atoms with Crippen LogP contribution in [0.5, 0.6) is 0 Å². The van der Waals surface area contributed by atoms with E-state index in [4.69, 9.17) is 10.2 Å². The molecule has 0 spiro atoms. The van der Waals surface area contributed by atoms with Crippen molar-refractivity contribution >= 4 is 17.7 Å². The average Bonchev–Trinajstić information content (AvgIpc) is 2.02. The molecule has 0 bridgehead atoms. The van der Waals surface area contributed by atoms with Crippen LogP contribution in [0.25, 0.3) is 0 Å². The van der Waals surface area contributed by atoms with Crippen LogP contribution in [0.4, 0.5) is 0 Å². The maximum absolute atomic E-state index is 11.3. The van der Waals surface area contributed by atoms with Gasteiger partial charge in [0.05, 0.1) is 0 Å². The van der Waals surface area contributed by atoms with Crippen LogP contribution >= 0.6 is 0 Å². The lowest BCUT2D eigenvalue weighted by Crippen LogP contribution is -2.28. The third-order valence-corrected chi connectivity index (χ3v) is 1.86. The van der Waals surface area contributed by atoms with Gasteiger partial charge in [-0.05, 0) is 6.42 Å². The normalized spacial score (nSPS) is 12.5. The Morgan fingerprint density at radius 1 is 1.14 bits per heavy atom. The molecule has 80 valence electrons. The van der Waals surface area contributed by atoms with Gasteiger partial charge in [-0.25, -0.2) is 0 Å². The number of aliphatic carboxylic acids is 2. The van der Waals surface area contributed by atoms with Crippen LogP contribution in [0.1, 0.15) is 26.7 Å². The van der Waals surface area contributed by atoms with E-state index in [1.165, 1.54) is 0 Å². The summed E-state index contributed by atoms with van der Waals surface area (Å²) in [5, 5.41) is 17.1. The Bertz CT molecular complexity index is 244. The Morgan fingerprint density at radius 3 is 1.93 bits per heavy atom. The molecule has 2 N–H and O–H groups in total. The summed E-state index contributed by atoms with van der Waals surface area (Å²) in [6.45, 7) is 3.19. The highest BCUT2D eigenvalue weighted by Crippen LogP contribution is 2.13. The Morgan fingerprint density at radius 2 is 1.64 bits per heavy atom. The topological polar surface area (TPSA) is 91.7 Å². The summed E-state index contributed by atoms with van der Waals surface area (Å²) in [7, 11) is 0. The Hall–Kier alpha value is -1.39. The molecule has 1 atom stereocenters. The van der Waals surface area contributed by atoms with Crippen molar-refractivity contribution in [3.05, 3.63) is 0 Å². The maximum Gasteiger partial charge on any atom is 0.314 e. The number of Topliss-reactive ketones (excluding diaryl/α,β-unsaturated/α-hetero) is 1. The zero-order valence-electron chi connectivity index (χ0n) is 8.19. The minimum Gasteiger partial charge on any atom is -0.481 e. The zero-order valence-corrected chi connectivity index (χ0v) is 8.19. The highest BCUT2D eigenvalue weighted by atomic mass is 16.4. The lowest BCUT2D eigenvalue weighted by Gasteiger charge is -2.11. The molecule has 0 fully saturated rings. The molecule has 0 saturated heterocycles. The molecule has 0 rings (SSSR count). The van der Waals surface area contributed by atoms with E-state index in [-0.39, 0.29) is 18.8 Å². The molecule has 0 aromatic rings. The summed E-state index contributed by atoms with van der Waals surface area (Å²) < 4.78 is 0. The molecule has 1 unspecified atom stereocenters. The predicted octanol–water partition coefficient (Wildman–Crippen LogP) is 0.777. The highest BCUT2D eigenvalue weighted by Gasteiger charge is 2.28. The van der Waals surface area contributed by atoms with Crippen molar-refractivity contribution in [3.63, 3.8) is 0 Å². The quantitative estimate of drug-likeness (QED) is 0.621. The molecule has 0 aromatic heterocycles. The van der Waals surface area contributed by atoms with E-state index in [1.807, 2.05) is 0 Å². The lowest BCUT2D eigenvalue weighted by molar-refractivity contribution is -0.148. The summed E-state index contributed by atoms with van der Waals surface area (Å²) in [6.07, 6.45) is -0.433. The lowest BCUT2D eigenvalue weighted by atomic mass is 9.91. The Labute approximate surface area is 81.7 Å². The van der Waals surface area contributed by atoms with Crippen LogP contribution in [0.15, 0.2) is 0 Å². The Kier molecular flexibility index (Phi) is 4.83. The van der Waals surface area contributed by atoms with Crippen molar-refractivity contribution in [1.82, 2.24) is 0 Å². The molecule has 14 heavy (non-hydrogen) atoms. The summed E-state index contributed by atoms with van der Waals surface area (Å²) in [5.74, 6) is -4.33. The molecular weight excluding hydrogens is 188 g/mol. The van der Waals surface area contributed by atoms with E-state index >= 15 is 0 Å². The van der Waals surface area contributed by atoms with Gasteiger partial charge < -0.3 is 10.2 Å². The number of hydrogen-bond donors (Lipinski definition) is 2. The van der Waals surface area contributed by atoms with Gasteiger partial charge in [0.2, 0.25) is 0 Å². The molecule has 0 saturated carbocycles. The number of carboxylic acid groups (broad SMARTS) is 2. The van der Waals surface area contributed by atoms with Crippen LogP contribution in [0.2, 0.25) is 0 Å². The molecule has 0 aromatic carbocycles. The number of carbonyl (C=O) groups excluding carboxylic acids is 1. The van der Waals surface area contributed by atoms with Crippen LogP contribution in [0, 0.1) is 11.8 Å². The molecule has 0 radical (unpaired) electrons. The Balaban J connectivity index is 4.37. The molecule has 0 aliphatic carbocycles. The monoisotopic (exact) mass is 202 g/mol. The van der Waals surface area contributed by atoms with Crippen molar-refractivity contribution in [3.8, 4) is 0 Å². The predicted molar refractivity (Wildman–Crippen MR) is 47.8 cm³/mol. The number of hydrogen-bond acceptors (Lipinski definition) is 3. The third-order valence-electron chi connectivity index (χ3n) is 1.86. The van der Waals surface area contributed by atoms with Gasteiger partial charge in [-0.2, -0.15) is 0 Å². The van der Waals surface area contributed by atoms with Gasteiger partial charge in [0.1, 0.15) is 11.7 Å². The molecule has 0 heterocycles. The van der Waals surface area contributed by atoms with Crippen molar-refractivity contribution < 1.29 is 24.6 Å². The first-order chi connectivity index (χ1) is 6.36. The zero-order chi connectivity index (χ0) is 11.3. The van der Waals surface area contributed by atoms with E-state index in [2.05, 4.69) is 0 Å². The summed E-state index contributed by atoms with van der Waals surface area (Å²) in [5.41, 5.74) is 0. The summed E-state index contributed by atoms with van der Waals surface area (Å²) in [4.78, 5) is 32.2. The van der Waals surface area contributed by atoms with Crippen LogP contribution in [-0.4, -0.2) is 27.9 Å². The number of rotatable bonds is 6. The van der Waals surface area contributed by atoms with E-state index in [0.717, 1.165) is 0 Å². The first-order valence-corrected chi connectivity index (χ1v) is 4.34. The first-order valence-electron chi connectivity index (χ1n) is 4.34. The van der Waals surface area contributed by atoms with Gasteiger partial charge in [0.25, 0.3) is 0 Å². The van der Waals surface area contributed by atoms with Gasteiger partial charge in [-0.3, -0.25) is 14.4 Å². The third kappa shape index (κ3) is 4.02. The van der Waals surface area contributed by atoms with Crippen LogP contribution in [0.3, 0.4) is 0 Å². The fraction of sp³-hybridized carbons (Fsp3) is 0.667. The number of carboxylic acids is 2. The molecule has 0 amide bonds. The fourth-order valence-corrected chi connectivity index (χ4v) is 1.06. The minimum absolute atomic E-state index is 0.137. The molecule has 0 aliphatic heterocycles. The van der Waals surface area contributed by atoms with Crippen LogP contribution < -0.4 is 0 Å². The summed E-state index contributed by atoms with van der Waals surface area (Å²) in [6, 6.07) is 0. The first kappa shape index (κ1) is 12.6. The van der Waals surface area contributed by atoms with Gasteiger partial charge >= 0.3 is 11.9 Å². The van der Waals surface area contributed by atoms with Gasteiger partial charge in [0, 0.05) is 12.3 Å². The van der Waals surface area contributed by atoms with Gasteiger partial charge in [-0.1, -0.05) is 13.8 Å². The smallest absolute Gasteiger partial charge is 0.314 e. The van der Waals surface area contributed by atoms with Crippen molar-refractivity contribution in [2.24, 2.45) is 11.8 Å². The second-order valence-corrected chi connectivity index (χ2v) is 3.38. The van der Waals surface area contributed by atoms with Crippen molar-refractivity contribution in [2.45, 2.75) is 26.7 Å². The van der Waals surface area contributed by atoms with E-state index in [9.17, 15) is 14.4 Å². The SMILES string of the molecule is CC(C)C(=O)C(CCC(=O)O)C(=O)O. The maximum atomic E-state index is 11.3. The van der Waals surface area contributed by atoms with Crippen molar-refractivity contribution in [2.75, 3.05) is 0 Å². The fourth-order valence-electron chi connectivity index (χ4n) is 1.06. The molecule has 0 aliphatic rings. The average molecular weight is 202 g/mol. The second-order valence-electron chi connectivity index (χ2n) is 3.38. The summed E-state index contributed by atoms with van der Waals surface area (Å²) >= 11 is 0. The second kappa shape index (κ2) is 5.36.